The zero-order valence-electron chi connectivity index (χ0n) is 33.3. The van der Waals surface area contributed by atoms with E-state index in [2.05, 4.69) is 21.3 Å². The Morgan fingerprint density at radius 2 is 1.61 bits per heavy atom. The van der Waals surface area contributed by atoms with E-state index < -0.39 is 11.7 Å². The number of pyridine rings is 2. The summed E-state index contributed by atoms with van der Waals surface area (Å²) in [7, 11) is 0. The summed E-state index contributed by atoms with van der Waals surface area (Å²) in [6, 6.07) is 19.7. The minimum Gasteiger partial charge on any atom is -0.474 e. The van der Waals surface area contributed by atoms with E-state index >= 15 is 0 Å². The second-order valence-corrected chi connectivity index (χ2v) is 16.7. The summed E-state index contributed by atoms with van der Waals surface area (Å²) in [6.45, 7) is 12.7. The van der Waals surface area contributed by atoms with Gasteiger partial charge in [-0.05, 0) is 87.4 Å². The second-order valence-electron chi connectivity index (χ2n) is 16.7. The van der Waals surface area contributed by atoms with Gasteiger partial charge in [0.1, 0.15) is 30.3 Å². The van der Waals surface area contributed by atoms with Gasteiger partial charge in [0.05, 0.1) is 24.8 Å². The van der Waals surface area contributed by atoms with Crippen molar-refractivity contribution in [1.82, 2.24) is 19.8 Å². The highest BCUT2D eigenvalue weighted by Crippen LogP contribution is 2.41. The van der Waals surface area contributed by atoms with Crippen LogP contribution >= 0.6 is 0 Å². The quantitative estimate of drug-likeness (QED) is 0.209. The molecule has 13 heteroatoms. The van der Waals surface area contributed by atoms with Gasteiger partial charge in [-0.25, -0.2) is 19.6 Å². The molecular formula is C44H51N7O6. The number of carbonyl (C=O) groups is 3. The summed E-state index contributed by atoms with van der Waals surface area (Å²) in [5.74, 6) is 1.28. The van der Waals surface area contributed by atoms with Crippen LogP contribution in [0.1, 0.15) is 61.4 Å². The molecule has 298 valence electrons. The number of hydrogen-bond donors (Lipinski definition) is 1. The third kappa shape index (κ3) is 8.47. The Kier molecular flexibility index (Phi) is 10.4. The Morgan fingerprint density at radius 1 is 0.860 bits per heavy atom. The lowest BCUT2D eigenvalue weighted by Crippen LogP contribution is -2.42. The molecule has 57 heavy (non-hydrogen) atoms. The van der Waals surface area contributed by atoms with Gasteiger partial charge in [-0.3, -0.25) is 9.69 Å². The van der Waals surface area contributed by atoms with Gasteiger partial charge in [0.2, 0.25) is 11.8 Å². The van der Waals surface area contributed by atoms with Crippen molar-refractivity contribution >= 4 is 41.0 Å². The van der Waals surface area contributed by atoms with Crippen molar-refractivity contribution in [2.75, 3.05) is 61.0 Å². The van der Waals surface area contributed by atoms with Crippen LogP contribution in [0.15, 0.2) is 73.1 Å². The van der Waals surface area contributed by atoms with Gasteiger partial charge in [0, 0.05) is 62.1 Å². The van der Waals surface area contributed by atoms with Crippen LogP contribution in [0.5, 0.6) is 5.88 Å². The molecule has 13 nitrogen and oxygen atoms in total. The number of carbonyl (C=O) groups excluding carboxylic acids is 3. The van der Waals surface area contributed by atoms with Crippen molar-refractivity contribution in [2.24, 2.45) is 5.41 Å². The first kappa shape index (κ1) is 38.0. The predicted octanol–water partition coefficient (Wildman–Crippen LogP) is 7.03. The minimum atomic E-state index is -0.618. The topological polar surface area (TPSA) is 130 Å². The molecule has 1 N–H and O–H groups in total. The van der Waals surface area contributed by atoms with Crippen molar-refractivity contribution in [1.29, 1.82) is 0 Å². The number of aromatic nitrogens is 2. The maximum atomic E-state index is 13.4. The fourth-order valence-corrected chi connectivity index (χ4v) is 8.38. The highest BCUT2D eigenvalue weighted by molar-refractivity contribution is 5.92. The van der Waals surface area contributed by atoms with Crippen molar-refractivity contribution in [3.05, 3.63) is 101 Å². The van der Waals surface area contributed by atoms with Crippen molar-refractivity contribution in [3.8, 4) is 5.88 Å². The third-order valence-corrected chi connectivity index (χ3v) is 11.4. The molecule has 4 aromatic rings. The molecular weight excluding hydrogens is 723 g/mol. The number of benzene rings is 2. The van der Waals surface area contributed by atoms with Crippen LogP contribution in [0.25, 0.3) is 0 Å². The number of fused-ring (bicyclic) bond motifs is 2. The molecule has 4 aliphatic rings. The number of likely N-dealkylation sites (tertiary alicyclic amines) is 2. The zero-order valence-corrected chi connectivity index (χ0v) is 33.3. The molecule has 1 atom stereocenters. The van der Waals surface area contributed by atoms with E-state index in [9.17, 15) is 14.4 Å². The van der Waals surface area contributed by atoms with Crippen molar-refractivity contribution in [2.45, 2.75) is 72.1 Å². The molecule has 0 radical (unpaired) electrons. The third-order valence-electron chi connectivity index (χ3n) is 11.4. The number of nitrogens with one attached hydrogen (secondary N) is 1. The van der Waals surface area contributed by atoms with Crippen LogP contribution in [-0.4, -0.2) is 89.3 Å². The van der Waals surface area contributed by atoms with Gasteiger partial charge in [0.15, 0.2) is 0 Å². The number of hydrogen-bond acceptors (Lipinski definition) is 10. The Hall–Kier alpha value is -5.85. The lowest BCUT2D eigenvalue weighted by molar-refractivity contribution is -0.129. The summed E-state index contributed by atoms with van der Waals surface area (Å²) >= 11 is 0. The second kappa shape index (κ2) is 15.6. The molecule has 1 spiro atoms. The molecule has 0 saturated carbocycles. The van der Waals surface area contributed by atoms with E-state index in [0.29, 0.717) is 63.9 Å². The summed E-state index contributed by atoms with van der Waals surface area (Å²) in [5.41, 5.74) is 7.00. The first-order valence-electron chi connectivity index (χ1n) is 19.9. The van der Waals surface area contributed by atoms with E-state index in [4.69, 9.17) is 19.2 Å². The molecule has 3 amide bonds. The number of ether oxygens (including phenoxy) is 3. The number of rotatable bonds is 7. The first-order chi connectivity index (χ1) is 27.4. The van der Waals surface area contributed by atoms with Crippen molar-refractivity contribution in [3.63, 3.8) is 0 Å². The summed E-state index contributed by atoms with van der Waals surface area (Å²) < 4.78 is 17.1. The number of anilines is 4. The summed E-state index contributed by atoms with van der Waals surface area (Å²) in [4.78, 5) is 56.4. The lowest BCUT2D eigenvalue weighted by atomic mass is 9.86. The van der Waals surface area contributed by atoms with Crippen LogP contribution < -0.4 is 19.9 Å². The van der Waals surface area contributed by atoms with Crippen LogP contribution in [0.2, 0.25) is 0 Å². The maximum absolute atomic E-state index is 13.4. The maximum Gasteiger partial charge on any atom is 0.415 e. The summed E-state index contributed by atoms with van der Waals surface area (Å²) in [6.07, 6.45) is 6.00. The van der Waals surface area contributed by atoms with Crippen molar-refractivity contribution < 1.29 is 28.6 Å². The zero-order chi connectivity index (χ0) is 39.7. The smallest absolute Gasteiger partial charge is 0.415 e. The molecule has 4 aliphatic heterocycles. The standard InChI is InChI=1S/C44H51N7O6/c1-30-36(25-46-40-39(30)51(20-21-55-40)42(54)57-43(2,3)4)48-17-14-33-24-45-37(23-34(33)26-48)47-35-12-10-31(11-13-35)22-38(52)49-18-15-44(28-49)16-19-50(29-44)41(53)56-27-32-8-6-5-7-9-32/h5-13,23-25H,14-22,26-29H2,1-4H3,(H,45,47). The molecule has 2 aromatic carbocycles. The van der Waals surface area contributed by atoms with Crippen LogP contribution in [0.4, 0.5) is 32.5 Å². The minimum absolute atomic E-state index is 0.0672. The first-order valence-corrected chi connectivity index (χ1v) is 19.9. The number of nitrogens with zero attached hydrogens (tertiary/aromatic N) is 6. The number of amides is 3. The van der Waals surface area contributed by atoms with Crippen LogP contribution in [-0.2, 0) is 40.3 Å². The van der Waals surface area contributed by atoms with Gasteiger partial charge < -0.3 is 34.2 Å². The Bertz CT molecular complexity index is 2140. The molecule has 2 fully saturated rings. The van der Waals surface area contributed by atoms with E-state index in [1.54, 1.807) is 9.80 Å². The molecule has 6 heterocycles. The van der Waals surface area contributed by atoms with Gasteiger partial charge in [-0.15, -0.1) is 0 Å². The van der Waals surface area contributed by atoms with Gasteiger partial charge >= 0.3 is 12.2 Å². The van der Waals surface area contributed by atoms with E-state index in [0.717, 1.165) is 65.3 Å². The Balaban J connectivity index is 0.855. The van der Waals surface area contributed by atoms with Crippen LogP contribution in [0, 0.1) is 12.3 Å². The monoisotopic (exact) mass is 773 g/mol. The van der Waals surface area contributed by atoms with Crippen LogP contribution in [0.3, 0.4) is 0 Å². The van der Waals surface area contributed by atoms with E-state index in [1.807, 2.05) is 99.6 Å². The summed E-state index contributed by atoms with van der Waals surface area (Å²) in [5, 5.41) is 3.44. The highest BCUT2D eigenvalue weighted by Gasteiger charge is 2.46. The molecule has 2 saturated heterocycles. The van der Waals surface area contributed by atoms with E-state index in [1.165, 1.54) is 5.56 Å². The molecule has 2 aromatic heterocycles. The fraction of sp³-hybridized carbons (Fsp3) is 0.432. The SMILES string of the molecule is Cc1c(N2CCc3cnc(Nc4ccc(CC(=O)N5CCC6(CCN(C(=O)OCc7ccccc7)C6)C5)cc4)cc3C2)cnc2c1N(C(=O)OC(C)(C)C)CCO2. The van der Waals surface area contributed by atoms with Gasteiger partial charge in [-0.1, -0.05) is 42.5 Å². The Morgan fingerprint density at radius 3 is 2.39 bits per heavy atom. The van der Waals surface area contributed by atoms with E-state index in [-0.39, 0.29) is 24.0 Å². The predicted molar refractivity (Wildman–Crippen MR) is 217 cm³/mol. The Labute approximate surface area is 333 Å². The fourth-order valence-electron chi connectivity index (χ4n) is 8.38. The average Bonchev–Trinajstić information content (AvgIpc) is 3.83. The lowest BCUT2D eigenvalue weighted by Gasteiger charge is -2.35. The van der Waals surface area contributed by atoms with Gasteiger partial charge in [0.25, 0.3) is 0 Å². The molecule has 8 rings (SSSR count). The molecule has 0 aliphatic carbocycles. The highest BCUT2D eigenvalue weighted by atomic mass is 16.6. The average molecular weight is 774 g/mol. The van der Waals surface area contributed by atoms with Gasteiger partial charge in [-0.2, -0.15) is 0 Å². The molecule has 0 bridgehead atoms. The molecule has 1 unspecified atom stereocenters. The largest absolute Gasteiger partial charge is 0.474 e. The normalized spacial score (nSPS) is 18.9.